The Morgan fingerprint density at radius 1 is 1.21 bits per heavy atom. The quantitative estimate of drug-likeness (QED) is 0.503. The molecule has 2 N–H and O–H groups in total. The Hall–Kier alpha value is -2.16. The highest BCUT2D eigenvalue weighted by Crippen LogP contribution is 2.36. The molecule has 4 heterocycles. The molecule has 8 heteroatoms. The maximum absolute atomic E-state index is 11.6. The second-order valence-corrected chi connectivity index (χ2v) is 11.5. The smallest absolute Gasteiger partial charge is 0.160 e. The first-order valence-electron chi connectivity index (χ1n) is 11.5. The molecular formula is C25H28BrN5OS. The van der Waals surface area contributed by atoms with Crippen LogP contribution in [0.15, 0.2) is 52.8 Å². The number of fused-ring (bicyclic) bond motifs is 2. The number of nitrogens with one attached hydrogen (secondary N) is 2. The highest BCUT2D eigenvalue weighted by atomic mass is 79.9. The van der Waals surface area contributed by atoms with E-state index in [0.29, 0.717) is 11.9 Å². The SMILES string of the molecule is CC1CCC(CNC2CCS(=O)CC2)=C(Br)C(=N)n2ncc(-c3cnc4ccccc4c3)c21. The van der Waals surface area contributed by atoms with Crippen LogP contribution in [-0.4, -0.2) is 48.9 Å². The summed E-state index contributed by atoms with van der Waals surface area (Å²) in [7, 11) is -0.650. The number of pyridine rings is 1. The van der Waals surface area contributed by atoms with Crippen LogP contribution in [0, 0.1) is 5.41 Å². The fraction of sp³-hybridized carbons (Fsp3) is 0.400. The van der Waals surface area contributed by atoms with E-state index in [0.717, 1.165) is 75.9 Å². The van der Waals surface area contributed by atoms with Gasteiger partial charge in [-0.15, -0.1) is 0 Å². The Bertz CT molecular complexity index is 1260. The lowest BCUT2D eigenvalue weighted by molar-refractivity contribution is 0.487. The Balaban J connectivity index is 1.43. The molecule has 2 aliphatic rings. The lowest BCUT2D eigenvalue weighted by Gasteiger charge is -2.26. The molecule has 6 nitrogen and oxygen atoms in total. The van der Waals surface area contributed by atoms with Gasteiger partial charge in [-0.05, 0) is 65.2 Å². The molecule has 2 aromatic heterocycles. The third-order valence-corrected chi connectivity index (χ3v) is 9.09. The standard InChI is InChI=1S/C25H28BrN5OS/c1-16-6-7-18(13-28-20-8-10-33(32)11-9-20)23(26)25(27)31-24(16)21(15-30-31)19-12-17-4-2-3-5-22(17)29-14-19/h2-5,12,14-16,20,27-28H,6-11,13H2,1H3. The Labute approximate surface area is 205 Å². The van der Waals surface area contributed by atoms with Gasteiger partial charge in [0, 0.05) is 57.6 Å². The third-order valence-electron chi connectivity index (χ3n) is 6.78. The summed E-state index contributed by atoms with van der Waals surface area (Å²) in [5.41, 5.74) is 5.32. The summed E-state index contributed by atoms with van der Waals surface area (Å²) in [5.74, 6) is 2.20. The number of para-hydroxylation sites is 1. The Morgan fingerprint density at radius 3 is 2.82 bits per heavy atom. The van der Waals surface area contributed by atoms with Gasteiger partial charge in [-0.2, -0.15) is 5.10 Å². The maximum Gasteiger partial charge on any atom is 0.160 e. The molecule has 1 unspecified atom stereocenters. The molecule has 5 rings (SSSR count). The van der Waals surface area contributed by atoms with Crippen molar-refractivity contribution in [3.63, 3.8) is 0 Å². The van der Waals surface area contributed by atoms with Crippen LogP contribution in [-0.2, 0) is 10.8 Å². The summed E-state index contributed by atoms with van der Waals surface area (Å²) in [6.45, 7) is 2.96. The average Bonchev–Trinajstić information content (AvgIpc) is 3.28. The molecule has 0 aliphatic carbocycles. The second-order valence-electron chi connectivity index (χ2n) is 8.98. The van der Waals surface area contributed by atoms with Crippen LogP contribution < -0.4 is 5.32 Å². The van der Waals surface area contributed by atoms with Crippen molar-refractivity contribution in [1.29, 1.82) is 5.41 Å². The molecule has 0 amide bonds. The van der Waals surface area contributed by atoms with E-state index < -0.39 is 10.8 Å². The van der Waals surface area contributed by atoms with E-state index in [9.17, 15) is 4.21 Å². The molecule has 1 atom stereocenters. The predicted molar refractivity (Wildman–Crippen MR) is 139 cm³/mol. The summed E-state index contributed by atoms with van der Waals surface area (Å²) < 4.78 is 14.2. The molecule has 172 valence electrons. The van der Waals surface area contributed by atoms with Gasteiger partial charge in [-0.3, -0.25) is 14.6 Å². The van der Waals surface area contributed by atoms with Gasteiger partial charge in [-0.25, -0.2) is 4.68 Å². The minimum atomic E-state index is -0.650. The van der Waals surface area contributed by atoms with Crippen LogP contribution in [0.1, 0.15) is 44.2 Å². The first-order valence-corrected chi connectivity index (χ1v) is 13.8. The minimum absolute atomic E-state index is 0.252. The van der Waals surface area contributed by atoms with Crippen LogP contribution in [0.2, 0.25) is 0 Å². The van der Waals surface area contributed by atoms with Crippen molar-refractivity contribution in [3.8, 4) is 11.1 Å². The number of halogens is 1. The molecule has 1 fully saturated rings. The van der Waals surface area contributed by atoms with Gasteiger partial charge in [0.15, 0.2) is 5.84 Å². The molecule has 1 saturated heterocycles. The van der Waals surface area contributed by atoms with E-state index in [2.05, 4.69) is 50.4 Å². The lowest BCUT2D eigenvalue weighted by atomic mass is 9.91. The number of benzene rings is 1. The zero-order valence-corrected chi connectivity index (χ0v) is 21.1. The van der Waals surface area contributed by atoms with Crippen LogP contribution in [0.5, 0.6) is 0 Å². The van der Waals surface area contributed by atoms with Crippen molar-refractivity contribution in [2.45, 2.75) is 44.6 Å². The number of hydrogen-bond donors (Lipinski definition) is 2. The average molecular weight is 527 g/mol. The van der Waals surface area contributed by atoms with E-state index in [1.807, 2.05) is 30.6 Å². The van der Waals surface area contributed by atoms with Crippen LogP contribution in [0.25, 0.3) is 22.0 Å². The predicted octanol–water partition coefficient (Wildman–Crippen LogP) is 4.97. The van der Waals surface area contributed by atoms with Crippen molar-refractivity contribution in [1.82, 2.24) is 20.1 Å². The topological polar surface area (TPSA) is 83.7 Å². The van der Waals surface area contributed by atoms with Gasteiger partial charge in [0.1, 0.15) is 0 Å². The van der Waals surface area contributed by atoms with Crippen LogP contribution in [0.3, 0.4) is 0 Å². The Kier molecular flexibility index (Phi) is 6.58. The van der Waals surface area contributed by atoms with Crippen LogP contribution >= 0.6 is 15.9 Å². The van der Waals surface area contributed by atoms with E-state index in [1.165, 1.54) is 5.57 Å². The van der Waals surface area contributed by atoms with E-state index >= 15 is 0 Å². The highest BCUT2D eigenvalue weighted by Gasteiger charge is 2.27. The normalized spacial score (nSPS) is 23.9. The second kappa shape index (κ2) is 9.60. The molecule has 2 aliphatic heterocycles. The first kappa shape index (κ1) is 22.6. The van der Waals surface area contributed by atoms with Crippen molar-refractivity contribution < 1.29 is 4.21 Å². The van der Waals surface area contributed by atoms with Crippen molar-refractivity contribution in [3.05, 3.63) is 58.5 Å². The molecule has 0 saturated carbocycles. The van der Waals surface area contributed by atoms with Gasteiger partial charge in [0.25, 0.3) is 0 Å². The van der Waals surface area contributed by atoms with E-state index in [1.54, 1.807) is 4.68 Å². The van der Waals surface area contributed by atoms with Gasteiger partial charge < -0.3 is 5.32 Å². The zero-order chi connectivity index (χ0) is 22.9. The van der Waals surface area contributed by atoms with E-state index in [4.69, 9.17) is 5.41 Å². The van der Waals surface area contributed by atoms with Gasteiger partial charge >= 0.3 is 0 Å². The highest BCUT2D eigenvalue weighted by molar-refractivity contribution is 9.12. The lowest BCUT2D eigenvalue weighted by Crippen LogP contribution is -2.37. The fourth-order valence-electron chi connectivity index (χ4n) is 4.78. The molecule has 33 heavy (non-hydrogen) atoms. The van der Waals surface area contributed by atoms with Crippen molar-refractivity contribution >= 4 is 43.5 Å². The summed E-state index contributed by atoms with van der Waals surface area (Å²) >= 11 is 3.72. The van der Waals surface area contributed by atoms with Gasteiger partial charge in [0.2, 0.25) is 0 Å². The third kappa shape index (κ3) is 4.61. The summed E-state index contributed by atoms with van der Waals surface area (Å²) in [6.07, 6.45) is 7.59. The number of aromatic nitrogens is 3. The van der Waals surface area contributed by atoms with Crippen molar-refractivity contribution in [2.75, 3.05) is 18.1 Å². The number of hydrogen-bond acceptors (Lipinski definition) is 5. The summed E-state index contributed by atoms with van der Waals surface area (Å²) in [6, 6.07) is 10.7. The largest absolute Gasteiger partial charge is 0.310 e. The van der Waals surface area contributed by atoms with Gasteiger partial charge in [-0.1, -0.05) is 25.1 Å². The van der Waals surface area contributed by atoms with Crippen LogP contribution in [0.4, 0.5) is 0 Å². The Morgan fingerprint density at radius 2 is 2.00 bits per heavy atom. The minimum Gasteiger partial charge on any atom is -0.310 e. The number of nitrogens with zero attached hydrogens (tertiary/aromatic N) is 3. The fourth-order valence-corrected chi connectivity index (χ4v) is 6.59. The molecule has 3 aromatic rings. The number of allylic oxidation sites excluding steroid dienone is 1. The summed E-state index contributed by atoms with van der Waals surface area (Å²) in [5, 5.41) is 18.3. The molecule has 0 bridgehead atoms. The van der Waals surface area contributed by atoms with Crippen molar-refractivity contribution in [2.24, 2.45) is 0 Å². The maximum atomic E-state index is 11.6. The van der Waals surface area contributed by atoms with E-state index in [-0.39, 0.29) is 5.92 Å². The molecule has 1 aromatic carbocycles. The number of rotatable bonds is 4. The zero-order valence-electron chi connectivity index (χ0n) is 18.7. The molecule has 0 spiro atoms. The monoisotopic (exact) mass is 525 g/mol. The summed E-state index contributed by atoms with van der Waals surface area (Å²) in [4.78, 5) is 4.64. The molecular weight excluding hydrogens is 498 g/mol. The first-order chi connectivity index (χ1) is 16.0. The molecule has 0 radical (unpaired) electrons. The van der Waals surface area contributed by atoms with Gasteiger partial charge in [0.05, 0.1) is 21.9 Å².